The number of anilines is 1. The van der Waals surface area contributed by atoms with Crippen molar-refractivity contribution in [3.8, 4) is 0 Å². The van der Waals surface area contributed by atoms with Gasteiger partial charge in [-0.25, -0.2) is 0 Å². The summed E-state index contributed by atoms with van der Waals surface area (Å²) in [5.41, 5.74) is 0.770. The van der Waals surface area contributed by atoms with Crippen LogP contribution in [0.2, 0.25) is 0 Å². The van der Waals surface area contributed by atoms with E-state index in [1.807, 2.05) is 0 Å². The predicted molar refractivity (Wildman–Crippen MR) is 61.3 cm³/mol. The van der Waals surface area contributed by atoms with Crippen LogP contribution in [0.25, 0.3) is 0 Å². The maximum Gasteiger partial charge on any atom is 0.271 e. The highest BCUT2D eigenvalue weighted by Crippen LogP contribution is 2.44. The molecule has 86 valence electrons. The molecule has 0 radical (unpaired) electrons. The summed E-state index contributed by atoms with van der Waals surface area (Å²) < 4.78 is 0. The summed E-state index contributed by atoms with van der Waals surface area (Å²) in [5, 5.41) is 13.5. The molecule has 16 heavy (non-hydrogen) atoms. The molecule has 0 atom stereocenters. The minimum Gasteiger partial charge on any atom is -0.368 e. The molecule has 1 fully saturated rings. The van der Waals surface area contributed by atoms with Crippen LogP contribution in [0.15, 0.2) is 12.1 Å². The maximum atomic E-state index is 11.2. The van der Waals surface area contributed by atoms with Gasteiger partial charge in [-0.3, -0.25) is 4.79 Å². The Morgan fingerprint density at radius 2 is 2.19 bits per heavy atom. The quantitative estimate of drug-likeness (QED) is 0.796. The molecule has 5 heteroatoms. The average molecular weight is 220 g/mol. The molecule has 1 amide bonds. The van der Waals surface area contributed by atoms with Crippen LogP contribution < -0.4 is 10.6 Å². The van der Waals surface area contributed by atoms with Crippen LogP contribution in [0.1, 0.15) is 30.3 Å². The van der Waals surface area contributed by atoms with Crippen molar-refractivity contribution in [2.24, 2.45) is 5.41 Å². The molecule has 1 aliphatic rings. The molecule has 0 saturated heterocycles. The Morgan fingerprint density at radius 3 is 2.69 bits per heavy atom. The molecule has 1 aromatic rings. The normalized spacial score (nSPS) is 16.6. The summed E-state index contributed by atoms with van der Waals surface area (Å²) in [5.74, 6) is 0.508. The second-order valence-corrected chi connectivity index (χ2v) is 4.55. The Bertz CT molecular complexity index is 383. The summed E-state index contributed by atoms with van der Waals surface area (Å²) in [7, 11) is 1.57. The van der Waals surface area contributed by atoms with Crippen molar-refractivity contribution in [2.75, 3.05) is 18.9 Å². The lowest BCUT2D eigenvalue weighted by Gasteiger charge is -2.09. The van der Waals surface area contributed by atoms with Crippen LogP contribution in [0.3, 0.4) is 0 Å². The van der Waals surface area contributed by atoms with Crippen LogP contribution >= 0.6 is 0 Å². The van der Waals surface area contributed by atoms with Crippen LogP contribution in [-0.4, -0.2) is 29.7 Å². The van der Waals surface area contributed by atoms with Gasteiger partial charge < -0.3 is 10.6 Å². The van der Waals surface area contributed by atoms with Crippen molar-refractivity contribution in [1.29, 1.82) is 0 Å². The Labute approximate surface area is 94.6 Å². The smallest absolute Gasteiger partial charge is 0.271 e. The van der Waals surface area contributed by atoms with Gasteiger partial charge in [0, 0.05) is 13.6 Å². The summed E-state index contributed by atoms with van der Waals surface area (Å²) in [6.45, 7) is 3.16. The van der Waals surface area contributed by atoms with E-state index < -0.39 is 0 Å². The zero-order valence-electron chi connectivity index (χ0n) is 9.58. The number of carbonyl (C=O) groups is 1. The van der Waals surface area contributed by atoms with E-state index in [2.05, 4.69) is 27.8 Å². The van der Waals surface area contributed by atoms with Crippen molar-refractivity contribution < 1.29 is 4.79 Å². The summed E-state index contributed by atoms with van der Waals surface area (Å²) >= 11 is 0. The Morgan fingerprint density at radius 1 is 1.44 bits per heavy atom. The van der Waals surface area contributed by atoms with E-state index in [1.165, 1.54) is 12.8 Å². The summed E-state index contributed by atoms with van der Waals surface area (Å²) in [6, 6.07) is 3.45. The molecule has 0 aliphatic heterocycles. The van der Waals surface area contributed by atoms with Crippen molar-refractivity contribution in [3.05, 3.63) is 17.8 Å². The third-order valence-corrected chi connectivity index (χ3v) is 2.92. The van der Waals surface area contributed by atoms with Crippen LogP contribution in [0, 0.1) is 5.41 Å². The number of nitrogens with zero attached hydrogens (tertiary/aromatic N) is 2. The molecule has 0 spiro atoms. The van der Waals surface area contributed by atoms with Crippen LogP contribution in [0.4, 0.5) is 5.82 Å². The van der Waals surface area contributed by atoms with E-state index in [0.717, 1.165) is 12.4 Å². The maximum absolute atomic E-state index is 11.2. The standard InChI is InChI=1S/C11H16N4O/c1-11(5-6-11)7-13-9-4-3-8(14-15-9)10(16)12-2/h3-4H,5-7H2,1-2H3,(H,12,16)(H,13,15). The monoisotopic (exact) mass is 220 g/mol. The minimum absolute atomic E-state index is 0.215. The molecule has 2 N–H and O–H groups in total. The first-order valence-corrected chi connectivity index (χ1v) is 5.43. The zero-order chi connectivity index (χ0) is 11.6. The average Bonchev–Trinajstić information content (AvgIpc) is 3.05. The fourth-order valence-corrected chi connectivity index (χ4v) is 1.37. The highest BCUT2D eigenvalue weighted by Gasteiger charge is 2.36. The Hall–Kier alpha value is -1.65. The van der Waals surface area contributed by atoms with Gasteiger partial charge in [0.05, 0.1) is 0 Å². The predicted octanol–water partition coefficient (Wildman–Crippen LogP) is 1.05. The van der Waals surface area contributed by atoms with Gasteiger partial charge in [0.2, 0.25) is 0 Å². The van der Waals surface area contributed by atoms with Gasteiger partial charge in [0.1, 0.15) is 5.82 Å². The van der Waals surface area contributed by atoms with E-state index in [0.29, 0.717) is 11.1 Å². The van der Waals surface area contributed by atoms with Crippen molar-refractivity contribution in [1.82, 2.24) is 15.5 Å². The highest BCUT2D eigenvalue weighted by molar-refractivity contribution is 5.91. The minimum atomic E-state index is -0.215. The molecule has 1 aliphatic carbocycles. The number of carbonyl (C=O) groups excluding carboxylic acids is 1. The fraction of sp³-hybridized carbons (Fsp3) is 0.545. The van der Waals surface area contributed by atoms with Gasteiger partial charge in [0.15, 0.2) is 5.69 Å². The lowest BCUT2D eigenvalue weighted by molar-refractivity contribution is 0.0957. The molecular weight excluding hydrogens is 204 g/mol. The van der Waals surface area contributed by atoms with E-state index >= 15 is 0 Å². The Balaban J connectivity index is 1.93. The molecule has 2 rings (SSSR count). The van der Waals surface area contributed by atoms with Crippen molar-refractivity contribution in [3.63, 3.8) is 0 Å². The first-order chi connectivity index (χ1) is 7.63. The second kappa shape index (κ2) is 4.08. The lowest BCUT2D eigenvalue weighted by atomic mass is 10.1. The summed E-state index contributed by atoms with van der Waals surface area (Å²) in [4.78, 5) is 11.2. The van der Waals surface area contributed by atoms with Gasteiger partial charge in [-0.1, -0.05) is 6.92 Å². The number of aromatic nitrogens is 2. The molecule has 1 aromatic heterocycles. The molecular formula is C11H16N4O. The van der Waals surface area contributed by atoms with Crippen molar-refractivity contribution >= 4 is 11.7 Å². The molecule has 1 heterocycles. The van der Waals surface area contributed by atoms with Gasteiger partial charge in [-0.15, -0.1) is 10.2 Å². The Kier molecular flexibility index (Phi) is 2.77. The molecule has 0 bridgehead atoms. The molecule has 1 saturated carbocycles. The lowest BCUT2D eigenvalue weighted by Crippen LogP contribution is -2.20. The van der Waals surface area contributed by atoms with Gasteiger partial charge >= 0.3 is 0 Å². The number of nitrogens with one attached hydrogen (secondary N) is 2. The summed E-state index contributed by atoms with van der Waals surface area (Å²) in [6.07, 6.45) is 2.54. The van der Waals surface area contributed by atoms with Gasteiger partial charge in [-0.05, 0) is 30.4 Å². The van der Waals surface area contributed by atoms with Gasteiger partial charge in [0.25, 0.3) is 5.91 Å². The molecule has 0 unspecified atom stereocenters. The third kappa shape index (κ3) is 2.48. The van der Waals surface area contributed by atoms with E-state index in [1.54, 1.807) is 19.2 Å². The fourth-order valence-electron chi connectivity index (χ4n) is 1.37. The van der Waals surface area contributed by atoms with Crippen molar-refractivity contribution in [2.45, 2.75) is 19.8 Å². The van der Waals surface area contributed by atoms with E-state index in [-0.39, 0.29) is 5.91 Å². The molecule has 5 nitrogen and oxygen atoms in total. The second-order valence-electron chi connectivity index (χ2n) is 4.55. The molecule has 0 aromatic carbocycles. The first-order valence-electron chi connectivity index (χ1n) is 5.43. The SMILES string of the molecule is CNC(=O)c1ccc(NCC2(C)CC2)nn1. The topological polar surface area (TPSA) is 66.9 Å². The number of hydrogen-bond donors (Lipinski definition) is 2. The van der Waals surface area contributed by atoms with E-state index in [9.17, 15) is 4.79 Å². The first kappa shape index (κ1) is 10.9. The van der Waals surface area contributed by atoms with Gasteiger partial charge in [-0.2, -0.15) is 0 Å². The van der Waals surface area contributed by atoms with Crippen LogP contribution in [0.5, 0.6) is 0 Å². The largest absolute Gasteiger partial charge is 0.368 e. The third-order valence-electron chi connectivity index (χ3n) is 2.92. The number of hydrogen-bond acceptors (Lipinski definition) is 4. The van der Waals surface area contributed by atoms with Crippen LogP contribution in [-0.2, 0) is 0 Å². The highest BCUT2D eigenvalue weighted by atomic mass is 16.1. The van der Waals surface area contributed by atoms with E-state index in [4.69, 9.17) is 0 Å². The zero-order valence-corrected chi connectivity index (χ0v) is 9.58. The number of amides is 1. The number of rotatable bonds is 4.